The normalized spacial score (nSPS) is 4.00. The first-order valence-corrected chi connectivity index (χ1v) is 0.827. The average Bonchev–Trinajstić information content (AvgIpc) is 0.811. The van der Waals surface area contributed by atoms with E-state index < -0.39 is 0 Å². The predicted molar refractivity (Wildman–Crippen MR) is 24.0 cm³/mol. The van der Waals surface area contributed by atoms with Crippen LogP contribution in [0.3, 0.4) is 0 Å². The molecule has 0 fully saturated rings. The van der Waals surface area contributed by atoms with Gasteiger partial charge in [0.2, 0.25) is 0 Å². The second kappa shape index (κ2) is 8.94. The minimum Gasteiger partial charge on any atom is -0.370 e. The van der Waals surface area contributed by atoms with Gasteiger partial charge in [0, 0.05) is 33.4 Å². The van der Waals surface area contributed by atoms with Crippen LogP contribution in [0.4, 0.5) is 0 Å². The standard InChI is InChI=1S/CH5N3.N.Pb/c2-1(3)4;;/h(H5,2,3,4);;. The molecule has 5 heteroatoms. The molecule has 6 heavy (non-hydrogen) atoms. The Morgan fingerprint density at radius 3 is 1.33 bits per heavy atom. The van der Waals surface area contributed by atoms with Crippen LogP contribution < -0.4 is 17.6 Å². The second-order valence-electron chi connectivity index (χ2n) is 0.455. The number of hydrogen-bond acceptors (Lipinski definition) is 1. The maximum absolute atomic E-state index is 6.06. The van der Waals surface area contributed by atoms with E-state index in [9.17, 15) is 0 Å². The molecule has 0 aromatic rings. The van der Waals surface area contributed by atoms with Crippen LogP contribution >= 0.6 is 0 Å². The van der Waals surface area contributed by atoms with Gasteiger partial charge in [-0.05, 0) is 0 Å². The van der Waals surface area contributed by atoms with Crippen LogP contribution in [0.1, 0.15) is 0 Å². The zero-order chi connectivity index (χ0) is 3.58. The summed E-state index contributed by atoms with van der Waals surface area (Å²) in [6, 6.07) is 0. The SMILES string of the molecule is N=C(N)N.[N].[Pb]. The third-order valence-electron chi connectivity index (χ3n) is 0. The van der Waals surface area contributed by atoms with E-state index in [4.69, 9.17) is 5.41 Å². The molecule has 0 saturated heterocycles. The van der Waals surface area contributed by atoms with Crippen molar-refractivity contribution in [3.8, 4) is 0 Å². The van der Waals surface area contributed by atoms with E-state index in [1.54, 1.807) is 0 Å². The summed E-state index contributed by atoms with van der Waals surface area (Å²) in [6.07, 6.45) is 0. The molecule has 0 aromatic carbocycles. The Kier molecular flexibility index (Phi) is 24.5. The number of rotatable bonds is 0. The molecule has 0 rings (SSSR count). The van der Waals surface area contributed by atoms with E-state index in [1.165, 1.54) is 0 Å². The van der Waals surface area contributed by atoms with Crippen molar-refractivity contribution in [2.24, 2.45) is 11.5 Å². The zero-order valence-corrected chi connectivity index (χ0v) is 6.99. The number of nitrogens with one attached hydrogen (secondary N) is 1. The Hall–Kier alpha value is 0.152. The van der Waals surface area contributed by atoms with Crippen molar-refractivity contribution in [2.75, 3.05) is 0 Å². The van der Waals surface area contributed by atoms with E-state index in [0.29, 0.717) is 0 Å². The third-order valence-corrected chi connectivity index (χ3v) is 0. The molecule has 0 aliphatic carbocycles. The van der Waals surface area contributed by atoms with Gasteiger partial charge in [-0.3, -0.25) is 5.41 Å². The van der Waals surface area contributed by atoms with E-state index >= 15 is 0 Å². The molecule has 0 saturated carbocycles. The fourth-order valence-corrected chi connectivity index (χ4v) is 0. The molecule has 0 atom stereocenters. The zero-order valence-electron chi connectivity index (χ0n) is 3.10. The van der Waals surface area contributed by atoms with Gasteiger partial charge < -0.3 is 11.5 Å². The minimum atomic E-state index is -0.333. The van der Waals surface area contributed by atoms with Crippen molar-refractivity contribution in [3.05, 3.63) is 0 Å². The van der Waals surface area contributed by atoms with Crippen LogP contribution in [-0.2, 0) is 0 Å². The van der Waals surface area contributed by atoms with E-state index in [0.717, 1.165) is 0 Å². The summed E-state index contributed by atoms with van der Waals surface area (Å²) < 4.78 is 0. The topological polar surface area (TPSA) is 106 Å². The summed E-state index contributed by atoms with van der Waals surface area (Å²) in [6.45, 7) is 0. The number of nitrogens with zero attached hydrogens (tertiary/aromatic N) is 1. The molecule has 4 nitrogen and oxygen atoms in total. The molecular formula is CH5N4Pb. The summed E-state index contributed by atoms with van der Waals surface area (Å²) in [5, 5.41) is 6.06. The maximum Gasteiger partial charge on any atom is 0.183 e. The monoisotopic (exact) mass is 281 g/mol. The van der Waals surface area contributed by atoms with Crippen LogP contribution in [0.25, 0.3) is 0 Å². The van der Waals surface area contributed by atoms with Gasteiger partial charge in [-0.15, -0.1) is 0 Å². The Labute approximate surface area is 56.5 Å². The minimum absolute atomic E-state index is 0. The van der Waals surface area contributed by atoms with Gasteiger partial charge in [0.25, 0.3) is 0 Å². The van der Waals surface area contributed by atoms with Crippen LogP contribution in [0.15, 0.2) is 0 Å². The van der Waals surface area contributed by atoms with Crippen molar-refractivity contribution in [3.63, 3.8) is 0 Å². The molecule has 5 N–H and O–H groups in total. The molecule has 33 valence electrons. The fraction of sp³-hybridized carbons (Fsp3) is 0. The van der Waals surface area contributed by atoms with Gasteiger partial charge in [-0.2, -0.15) is 0 Å². The summed E-state index contributed by atoms with van der Waals surface area (Å²) in [5.74, 6) is -0.333. The number of guanidine groups is 1. The van der Waals surface area contributed by atoms with Crippen molar-refractivity contribution >= 4 is 33.3 Å². The average molecular weight is 280 g/mol. The molecule has 0 unspecified atom stereocenters. The van der Waals surface area contributed by atoms with Gasteiger partial charge >= 0.3 is 0 Å². The van der Waals surface area contributed by atoms with E-state index in [2.05, 4.69) is 11.5 Å². The molecule has 0 spiro atoms. The van der Waals surface area contributed by atoms with Gasteiger partial charge in [0.15, 0.2) is 5.96 Å². The molecule has 0 aliphatic rings. The van der Waals surface area contributed by atoms with Gasteiger partial charge in [-0.1, -0.05) is 0 Å². The smallest absolute Gasteiger partial charge is 0.183 e. The molecule has 0 aromatic heterocycles. The summed E-state index contributed by atoms with van der Waals surface area (Å²) >= 11 is 0. The Morgan fingerprint density at radius 1 is 1.33 bits per heavy atom. The molecule has 0 bridgehead atoms. The van der Waals surface area contributed by atoms with E-state index in [-0.39, 0.29) is 39.4 Å². The summed E-state index contributed by atoms with van der Waals surface area (Å²) in [4.78, 5) is 0. The fourth-order valence-electron chi connectivity index (χ4n) is 0. The first kappa shape index (κ1) is 16.4. The summed E-state index contributed by atoms with van der Waals surface area (Å²) in [7, 11) is 0. The second-order valence-corrected chi connectivity index (χ2v) is 0.455. The van der Waals surface area contributed by atoms with Crippen LogP contribution in [-0.4, -0.2) is 33.3 Å². The van der Waals surface area contributed by atoms with Crippen LogP contribution in [0, 0.1) is 5.41 Å². The maximum atomic E-state index is 6.06. The first-order chi connectivity index (χ1) is 1.73. The molecule has 0 heterocycles. The Morgan fingerprint density at radius 2 is 1.33 bits per heavy atom. The number of nitrogens with two attached hydrogens (primary N) is 2. The summed E-state index contributed by atoms with van der Waals surface area (Å²) in [5.41, 5.74) is 8.94. The first-order valence-electron chi connectivity index (χ1n) is 0.827. The quantitative estimate of drug-likeness (QED) is 0.270. The van der Waals surface area contributed by atoms with Crippen LogP contribution in [0.2, 0.25) is 0 Å². The Bertz CT molecular complexity index is 30.5. The van der Waals surface area contributed by atoms with Crippen LogP contribution in [0.5, 0.6) is 0 Å². The van der Waals surface area contributed by atoms with Gasteiger partial charge in [0.05, 0.1) is 0 Å². The largest absolute Gasteiger partial charge is 0.370 e. The predicted octanol–water partition coefficient (Wildman–Crippen LogP) is -2.02. The number of hydrogen-bond donors (Lipinski definition) is 3. The molecule has 0 aliphatic heterocycles. The van der Waals surface area contributed by atoms with Gasteiger partial charge in [-0.25, -0.2) is 0 Å². The molecule has 7 radical (unpaired) electrons. The third kappa shape index (κ3) is 1780. The van der Waals surface area contributed by atoms with Crippen molar-refractivity contribution < 1.29 is 0 Å². The van der Waals surface area contributed by atoms with Crippen molar-refractivity contribution in [1.82, 2.24) is 6.15 Å². The van der Waals surface area contributed by atoms with Gasteiger partial charge in [0.1, 0.15) is 0 Å². The molecule has 0 amide bonds. The van der Waals surface area contributed by atoms with Crippen molar-refractivity contribution in [2.45, 2.75) is 0 Å². The van der Waals surface area contributed by atoms with Crippen molar-refractivity contribution in [1.29, 1.82) is 5.41 Å². The molecular weight excluding hydrogens is 275 g/mol. The van der Waals surface area contributed by atoms with E-state index in [1.807, 2.05) is 0 Å². The Balaban J connectivity index is -0.0000000450.